The fourth-order valence-corrected chi connectivity index (χ4v) is 2.26. The predicted octanol–water partition coefficient (Wildman–Crippen LogP) is 2.64. The van der Waals surface area contributed by atoms with Crippen molar-refractivity contribution in [2.75, 3.05) is 18.0 Å². The molecule has 0 saturated heterocycles. The fourth-order valence-electron chi connectivity index (χ4n) is 2.26. The molecule has 78 valence electrons. The first kappa shape index (κ1) is 10.0. The molecule has 0 fully saturated rings. The van der Waals surface area contributed by atoms with Gasteiger partial charge in [0.2, 0.25) is 0 Å². The van der Waals surface area contributed by atoms with Crippen LogP contribution in [0.5, 0.6) is 0 Å². The normalized spacial score (nSPS) is 14.6. The molecule has 2 heteroatoms. The van der Waals surface area contributed by atoms with Crippen molar-refractivity contribution < 1.29 is 0 Å². The van der Waals surface area contributed by atoms with Crippen molar-refractivity contribution in [2.24, 2.45) is 0 Å². The highest BCUT2D eigenvalue weighted by atomic mass is 15.1. The first-order valence-electron chi connectivity index (χ1n) is 5.55. The number of nitriles is 1. The quantitative estimate of drug-likeness (QED) is 0.696. The molecule has 1 aromatic carbocycles. The SMILES string of the molecule is CCN1CCCc2cc(C#N)c(C)cc21. The number of fused-ring (bicyclic) bond motifs is 1. The minimum absolute atomic E-state index is 0.826. The lowest BCUT2D eigenvalue weighted by molar-refractivity contribution is 0.707. The summed E-state index contributed by atoms with van der Waals surface area (Å²) in [5, 5.41) is 8.98. The molecule has 0 amide bonds. The third-order valence-electron chi connectivity index (χ3n) is 3.14. The van der Waals surface area contributed by atoms with E-state index < -0.39 is 0 Å². The Morgan fingerprint density at radius 2 is 2.27 bits per heavy atom. The predicted molar refractivity (Wildman–Crippen MR) is 62.1 cm³/mol. The van der Waals surface area contributed by atoms with Crippen LogP contribution in [0.3, 0.4) is 0 Å². The van der Waals surface area contributed by atoms with Crippen LogP contribution in [-0.4, -0.2) is 13.1 Å². The van der Waals surface area contributed by atoms with Crippen LogP contribution < -0.4 is 4.90 Å². The molecule has 1 aliphatic heterocycles. The lowest BCUT2D eigenvalue weighted by Crippen LogP contribution is -2.29. The Bertz CT molecular complexity index is 415. The van der Waals surface area contributed by atoms with Gasteiger partial charge in [-0.25, -0.2) is 0 Å². The molecule has 1 aliphatic rings. The van der Waals surface area contributed by atoms with Gasteiger partial charge in [0.25, 0.3) is 0 Å². The second-order valence-corrected chi connectivity index (χ2v) is 4.09. The van der Waals surface area contributed by atoms with Crippen LogP contribution in [-0.2, 0) is 6.42 Å². The first-order valence-corrected chi connectivity index (χ1v) is 5.55. The molecule has 0 spiro atoms. The summed E-state index contributed by atoms with van der Waals surface area (Å²) in [4.78, 5) is 2.40. The minimum atomic E-state index is 0.826. The second kappa shape index (κ2) is 3.94. The van der Waals surface area contributed by atoms with E-state index in [9.17, 15) is 0 Å². The van der Waals surface area contributed by atoms with Gasteiger partial charge in [-0.15, -0.1) is 0 Å². The number of rotatable bonds is 1. The highest BCUT2D eigenvalue weighted by Crippen LogP contribution is 2.29. The van der Waals surface area contributed by atoms with E-state index in [-0.39, 0.29) is 0 Å². The Morgan fingerprint density at radius 3 is 2.93 bits per heavy atom. The van der Waals surface area contributed by atoms with Crippen LogP contribution in [0, 0.1) is 18.3 Å². The lowest BCUT2D eigenvalue weighted by Gasteiger charge is -2.30. The summed E-state index contributed by atoms with van der Waals surface area (Å²) in [7, 11) is 0. The van der Waals surface area contributed by atoms with Gasteiger partial charge in [-0.1, -0.05) is 0 Å². The van der Waals surface area contributed by atoms with Gasteiger partial charge < -0.3 is 4.90 Å². The third kappa shape index (κ3) is 1.70. The van der Waals surface area contributed by atoms with Crippen molar-refractivity contribution in [2.45, 2.75) is 26.7 Å². The zero-order valence-corrected chi connectivity index (χ0v) is 9.38. The number of anilines is 1. The second-order valence-electron chi connectivity index (χ2n) is 4.09. The number of nitrogens with zero attached hydrogens (tertiary/aromatic N) is 2. The lowest BCUT2D eigenvalue weighted by atomic mass is 9.96. The Balaban J connectivity index is 2.51. The van der Waals surface area contributed by atoms with Crippen molar-refractivity contribution in [1.82, 2.24) is 0 Å². The fraction of sp³-hybridized carbons (Fsp3) is 0.462. The molecule has 2 nitrogen and oxygen atoms in total. The van der Waals surface area contributed by atoms with Crippen LogP contribution >= 0.6 is 0 Å². The van der Waals surface area contributed by atoms with Crippen molar-refractivity contribution in [3.05, 3.63) is 28.8 Å². The molecule has 0 aliphatic carbocycles. The molecule has 0 saturated carbocycles. The molecule has 1 aromatic rings. The topological polar surface area (TPSA) is 27.0 Å². The molecule has 0 aromatic heterocycles. The van der Waals surface area contributed by atoms with Crippen LogP contribution in [0.1, 0.15) is 30.0 Å². The number of benzene rings is 1. The Labute approximate surface area is 91.1 Å². The van der Waals surface area contributed by atoms with Gasteiger partial charge >= 0.3 is 0 Å². The van der Waals surface area contributed by atoms with Gasteiger partial charge in [0.1, 0.15) is 0 Å². The van der Waals surface area contributed by atoms with E-state index in [1.807, 2.05) is 6.92 Å². The van der Waals surface area contributed by atoms with E-state index in [2.05, 4.69) is 30.0 Å². The van der Waals surface area contributed by atoms with Crippen molar-refractivity contribution in [1.29, 1.82) is 5.26 Å². The molecular weight excluding hydrogens is 184 g/mol. The number of hydrogen-bond donors (Lipinski definition) is 0. The summed E-state index contributed by atoms with van der Waals surface area (Å²) in [6.07, 6.45) is 2.32. The van der Waals surface area contributed by atoms with E-state index in [0.29, 0.717) is 0 Å². The van der Waals surface area contributed by atoms with Gasteiger partial charge in [-0.05, 0) is 49.9 Å². The van der Waals surface area contributed by atoms with E-state index in [1.165, 1.54) is 17.7 Å². The monoisotopic (exact) mass is 200 g/mol. The van der Waals surface area contributed by atoms with Crippen molar-refractivity contribution in [3.8, 4) is 6.07 Å². The van der Waals surface area contributed by atoms with E-state index in [1.54, 1.807) is 0 Å². The average Bonchev–Trinajstić information content (AvgIpc) is 2.27. The number of hydrogen-bond acceptors (Lipinski definition) is 2. The maximum absolute atomic E-state index is 8.98. The van der Waals surface area contributed by atoms with E-state index in [0.717, 1.165) is 30.6 Å². The van der Waals surface area contributed by atoms with E-state index in [4.69, 9.17) is 5.26 Å². The summed E-state index contributed by atoms with van der Waals surface area (Å²) >= 11 is 0. The molecule has 15 heavy (non-hydrogen) atoms. The summed E-state index contributed by atoms with van der Waals surface area (Å²) in [6.45, 7) is 6.40. The molecule has 0 atom stereocenters. The minimum Gasteiger partial charge on any atom is -0.372 e. The van der Waals surface area contributed by atoms with Crippen LogP contribution in [0.4, 0.5) is 5.69 Å². The third-order valence-corrected chi connectivity index (χ3v) is 3.14. The Kier molecular flexibility index (Phi) is 2.64. The average molecular weight is 200 g/mol. The van der Waals surface area contributed by atoms with E-state index >= 15 is 0 Å². The van der Waals surface area contributed by atoms with Gasteiger partial charge in [0.15, 0.2) is 0 Å². The zero-order valence-electron chi connectivity index (χ0n) is 9.38. The summed E-state index contributed by atoms with van der Waals surface area (Å²) in [5.41, 5.74) is 4.59. The van der Waals surface area contributed by atoms with Crippen LogP contribution in [0.15, 0.2) is 12.1 Å². The highest BCUT2D eigenvalue weighted by Gasteiger charge is 2.16. The molecule has 0 radical (unpaired) electrons. The first-order chi connectivity index (χ1) is 7.26. The van der Waals surface area contributed by atoms with Crippen molar-refractivity contribution in [3.63, 3.8) is 0 Å². The maximum atomic E-state index is 8.98. The molecule has 0 bridgehead atoms. The molecule has 2 rings (SSSR count). The van der Waals surface area contributed by atoms with Gasteiger partial charge in [-0.2, -0.15) is 5.26 Å². The van der Waals surface area contributed by atoms with Crippen molar-refractivity contribution >= 4 is 5.69 Å². The van der Waals surface area contributed by atoms with Crippen LogP contribution in [0.25, 0.3) is 0 Å². The standard InChI is InChI=1S/C13H16N2/c1-3-15-6-4-5-11-8-12(9-14)10(2)7-13(11)15/h7-8H,3-6H2,1-2H3. The largest absolute Gasteiger partial charge is 0.372 e. The van der Waals surface area contributed by atoms with Gasteiger partial charge in [0, 0.05) is 18.8 Å². The smallest absolute Gasteiger partial charge is 0.0994 e. The highest BCUT2D eigenvalue weighted by molar-refractivity contribution is 5.60. The summed E-state index contributed by atoms with van der Waals surface area (Å²) in [6, 6.07) is 6.48. The maximum Gasteiger partial charge on any atom is 0.0994 e. The molecule has 0 unspecified atom stereocenters. The molecular formula is C13H16N2. The molecule has 0 N–H and O–H groups in total. The van der Waals surface area contributed by atoms with Gasteiger partial charge in [-0.3, -0.25) is 0 Å². The Morgan fingerprint density at radius 1 is 1.47 bits per heavy atom. The summed E-state index contributed by atoms with van der Waals surface area (Å²) < 4.78 is 0. The number of aryl methyl sites for hydroxylation is 2. The van der Waals surface area contributed by atoms with Crippen LogP contribution in [0.2, 0.25) is 0 Å². The Hall–Kier alpha value is -1.49. The zero-order chi connectivity index (χ0) is 10.8. The summed E-state index contributed by atoms with van der Waals surface area (Å²) in [5.74, 6) is 0. The molecule has 1 heterocycles. The van der Waals surface area contributed by atoms with Gasteiger partial charge in [0.05, 0.1) is 11.6 Å².